The van der Waals surface area contributed by atoms with Crippen molar-refractivity contribution in [1.82, 2.24) is 10.6 Å². The molecule has 0 aliphatic carbocycles. The summed E-state index contributed by atoms with van der Waals surface area (Å²) in [6, 6.07) is 0.286. The third-order valence-electron chi connectivity index (χ3n) is 2.49. The predicted octanol–water partition coefficient (Wildman–Crippen LogP) is 0.357. The zero-order valence-corrected chi connectivity index (χ0v) is 8.55. The van der Waals surface area contributed by atoms with Crippen LogP contribution in [-0.2, 0) is 4.79 Å². The lowest BCUT2D eigenvalue weighted by Crippen LogP contribution is -2.70. The van der Waals surface area contributed by atoms with E-state index < -0.39 is 5.97 Å². The number of hydrogen-bond acceptors (Lipinski definition) is 3. The van der Waals surface area contributed by atoms with Gasteiger partial charge in [0, 0.05) is 19.1 Å². The van der Waals surface area contributed by atoms with Crippen molar-refractivity contribution in [1.29, 1.82) is 0 Å². The monoisotopic (exact) mass is 198 g/mol. The molecule has 4 heteroatoms. The highest BCUT2D eigenvalue weighted by molar-refractivity contribution is 5.68. The van der Waals surface area contributed by atoms with Crippen molar-refractivity contribution in [3.63, 3.8) is 0 Å². The summed E-state index contributed by atoms with van der Waals surface area (Å²) in [4.78, 5) is 10.7. The van der Waals surface area contributed by atoms with Crippen molar-refractivity contribution in [3.8, 4) is 0 Å². The summed E-state index contributed by atoms with van der Waals surface area (Å²) in [6.45, 7) is 7.18. The Balaban J connectivity index is 2.44. The van der Waals surface area contributed by atoms with Gasteiger partial charge in [0.1, 0.15) is 0 Å². The predicted molar refractivity (Wildman–Crippen MR) is 55.3 cm³/mol. The molecule has 0 saturated carbocycles. The number of hydrogen-bond donors (Lipinski definition) is 3. The van der Waals surface area contributed by atoms with E-state index in [2.05, 4.69) is 17.2 Å². The van der Waals surface area contributed by atoms with Crippen molar-refractivity contribution in [2.45, 2.75) is 31.3 Å². The van der Waals surface area contributed by atoms with Crippen LogP contribution in [0.2, 0.25) is 0 Å². The van der Waals surface area contributed by atoms with Gasteiger partial charge in [0.2, 0.25) is 0 Å². The normalized spacial score (nSPS) is 20.9. The van der Waals surface area contributed by atoms with Gasteiger partial charge in [0.15, 0.2) is 0 Å². The van der Waals surface area contributed by atoms with Crippen molar-refractivity contribution in [2.75, 3.05) is 13.1 Å². The molecule has 0 amide bonds. The number of rotatable bonds is 6. The molecule has 14 heavy (non-hydrogen) atoms. The van der Waals surface area contributed by atoms with E-state index in [4.69, 9.17) is 5.11 Å². The van der Waals surface area contributed by atoms with Crippen LogP contribution in [0.1, 0.15) is 19.8 Å². The van der Waals surface area contributed by atoms with E-state index in [0.717, 1.165) is 19.5 Å². The molecule has 0 radical (unpaired) electrons. The van der Waals surface area contributed by atoms with Gasteiger partial charge in [-0.25, -0.2) is 0 Å². The van der Waals surface area contributed by atoms with E-state index >= 15 is 0 Å². The lowest BCUT2D eigenvalue weighted by Gasteiger charge is -2.44. The Kier molecular flexibility index (Phi) is 3.66. The van der Waals surface area contributed by atoms with Crippen LogP contribution in [0.4, 0.5) is 0 Å². The van der Waals surface area contributed by atoms with Crippen molar-refractivity contribution < 1.29 is 9.90 Å². The molecule has 3 N–H and O–H groups in total. The second kappa shape index (κ2) is 4.57. The van der Waals surface area contributed by atoms with Gasteiger partial charge in [-0.3, -0.25) is 4.79 Å². The van der Waals surface area contributed by atoms with Crippen LogP contribution in [0.3, 0.4) is 0 Å². The Morgan fingerprint density at radius 1 is 1.79 bits per heavy atom. The molecule has 1 heterocycles. The molecule has 1 aliphatic heterocycles. The molecular formula is C10H18N2O2. The van der Waals surface area contributed by atoms with Crippen molar-refractivity contribution in [3.05, 3.63) is 12.7 Å². The fourth-order valence-corrected chi connectivity index (χ4v) is 1.83. The minimum atomic E-state index is -0.746. The largest absolute Gasteiger partial charge is 0.481 e. The maximum Gasteiger partial charge on any atom is 0.305 e. The Morgan fingerprint density at radius 2 is 2.43 bits per heavy atom. The van der Waals surface area contributed by atoms with Crippen LogP contribution in [0.25, 0.3) is 0 Å². The third kappa shape index (κ3) is 2.82. The topological polar surface area (TPSA) is 61.4 Å². The second-order valence-corrected chi connectivity index (χ2v) is 4.02. The van der Waals surface area contributed by atoms with Gasteiger partial charge >= 0.3 is 5.97 Å². The van der Waals surface area contributed by atoms with Gasteiger partial charge in [0.25, 0.3) is 0 Å². The van der Waals surface area contributed by atoms with Gasteiger partial charge in [-0.1, -0.05) is 6.08 Å². The first-order valence-electron chi connectivity index (χ1n) is 4.89. The third-order valence-corrected chi connectivity index (χ3v) is 2.49. The van der Waals surface area contributed by atoms with E-state index in [9.17, 15) is 4.79 Å². The zero-order valence-electron chi connectivity index (χ0n) is 8.55. The van der Waals surface area contributed by atoms with E-state index in [1.807, 2.05) is 13.0 Å². The molecule has 1 unspecified atom stereocenters. The van der Waals surface area contributed by atoms with Crippen LogP contribution in [0.15, 0.2) is 12.7 Å². The number of aliphatic carboxylic acids is 1. The molecule has 0 spiro atoms. The second-order valence-electron chi connectivity index (χ2n) is 4.02. The van der Waals surface area contributed by atoms with Gasteiger partial charge in [-0.2, -0.15) is 0 Å². The Labute approximate surface area is 84.4 Å². The quantitative estimate of drug-likeness (QED) is 0.539. The van der Waals surface area contributed by atoms with Gasteiger partial charge in [-0.15, -0.1) is 6.58 Å². The minimum absolute atomic E-state index is 0.182. The minimum Gasteiger partial charge on any atom is -0.481 e. The molecule has 1 rings (SSSR count). The average Bonchev–Trinajstić information content (AvgIpc) is 1.99. The first-order valence-corrected chi connectivity index (χ1v) is 4.89. The van der Waals surface area contributed by atoms with Gasteiger partial charge < -0.3 is 15.7 Å². The number of carbonyl (C=O) groups is 1. The lowest BCUT2D eigenvalue weighted by molar-refractivity contribution is -0.139. The summed E-state index contributed by atoms with van der Waals surface area (Å²) >= 11 is 0. The van der Waals surface area contributed by atoms with Crippen LogP contribution < -0.4 is 10.6 Å². The molecule has 0 aromatic heterocycles. The Hall–Kier alpha value is -0.870. The van der Waals surface area contributed by atoms with E-state index in [-0.39, 0.29) is 18.0 Å². The highest BCUT2D eigenvalue weighted by atomic mass is 16.4. The van der Waals surface area contributed by atoms with Gasteiger partial charge in [-0.05, 0) is 13.3 Å². The van der Waals surface area contributed by atoms with Gasteiger partial charge in [0.05, 0.1) is 12.0 Å². The first-order chi connectivity index (χ1) is 6.58. The fraction of sp³-hybridized carbons (Fsp3) is 0.700. The Morgan fingerprint density at radius 3 is 2.79 bits per heavy atom. The Bertz CT molecular complexity index is 224. The molecule has 0 aromatic carbocycles. The van der Waals surface area contributed by atoms with Crippen LogP contribution >= 0.6 is 0 Å². The molecule has 1 fully saturated rings. The summed E-state index contributed by atoms with van der Waals surface area (Å²) in [5, 5.41) is 15.2. The molecule has 4 nitrogen and oxygen atoms in total. The molecule has 80 valence electrons. The lowest BCUT2D eigenvalue weighted by atomic mass is 9.87. The summed E-state index contributed by atoms with van der Waals surface area (Å²) < 4.78 is 0. The summed E-state index contributed by atoms with van der Waals surface area (Å²) in [6.07, 6.45) is 2.89. The van der Waals surface area contributed by atoms with Crippen LogP contribution in [-0.4, -0.2) is 35.7 Å². The first kappa shape index (κ1) is 11.2. The van der Waals surface area contributed by atoms with Crippen LogP contribution in [0, 0.1) is 0 Å². The SMILES string of the molecule is C=CCC(C)NC1(CC(=O)O)CNC1. The smallest absolute Gasteiger partial charge is 0.305 e. The molecule has 0 bridgehead atoms. The zero-order chi connectivity index (χ0) is 10.6. The number of nitrogens with one attached hydrogen (secondary N) is 2. The maximum atomic E-state index is 10.7. The molecule has 0 aromatic rings. The molecule has 1 atom stereocenters. The summed E-state index contributed by atoms with van der Waals surface area (Å²) in [5.41, 5.74) is -0.242. The van der Waals surface area contributed by atoms with E-state index in [1.54, 1.807) is 0 Å². The number of carboxylic acids is 1. The van der Waals surface area contributed by atoms with Crippen LogP contribution in [0.5, 0.6) is 0 Å². The summed E-state index contributed by atoms with van der Waals surface area (Å²) in [5.74, 6) is -0.746. The maximum absolute atomic E-state index is 10.7. The summed E-state index contributed by atoms with van der Waals surface area (Å²) in [7, 11) is 0. The molecule has 1 saturated heterocycles. The molecular weight excluding hydrogens is 180 g/mol. The van der Waals surface area contributed by atoms with Crippen molar-refractivity contribution >= 4 is 5.97 Å². The van der Waals surface area contributed by atoms with E-state index in [0.29, 0.717) is 0 Å². The highest BCUT2D eigenvalue weighted by Gasteiger charge is 2.39. The molecule has 1 aliphatic rings. The highest BCUT2D eigenvalue weighted by Crippen LogP contribution is 2.17. The average molecular weight is 198 g/mol. The standard InChI is InChI=1S/C10H18N2O2/c1-3-4-8(2)12-10(5-9(13)14)6-11-7-10/h3,8,11-12H,1,4-7H2,2H3,(H,13,14). The van der Waals surface area contributed by atoms with Crippen molar-refractivity contribution in [2.24, 2.45) is 0 Å². The van der Waals surface area contributed by atoms with E-state index in [1.165, 1.54) is 0 Å². The number of carboxylic acid groups (broad SMARTS) is 1. The fourth-order valence-electron chi connectivity index (χ4n) is 1.83.